The van der Waals surface area contributed by atoms with Crippen LogP contribution in [-0.2, 0) is 6.42 Å². The third-order valence-corrected chi connectivity index (χ3v) is 4.37. The lowest BCUT2D eigenvalue weighted by Gasteiger charge is -2.15. The van der Waals surface area contributed by atoms with Gasteiger partial charge in [0.2, 0.25) is 0 Å². The molecule has 1 aromatic carbocycles. The average molecular weight is 414 g/mol. The molecule has 0 amide bonds. The average Bonchev–Trinajstić information content (AvgIpc) is 2.49. The van der Waals surface area contributed by atoms with Gasteiger partial charge in [0.05, 0.1) is 5.69 Å². The highest BCUT2D eigenvalue weighted by Crippen LogP contribution is 2.34. The van der Waals surface area contributed by atoms with Gasteiger partial charge in [-0.3, -0.25) is 0 Å². The van der Waals surface area contributed by atoms with Crippen LogP contribution in [0, 0.1) is 0 Å². The Morgan fingerprint density at radius 2 is 1.71 bits per heavy atom. The fraction of sp³-hybridized carbons (Fsp3) is 0.333. The number of para-hydroxylation sites is 1. The Bertz CT molecular complexity index is 596. The third kappa shape index (κ3) is 3.95. The normalized spacial score (nSPS) is 10.5. The van der Waals surface area contributed by atoms with Crippen molar-refractivity contribution in [2.75, 3.05) is 17.2 Å². The summed E-state index contributed by atoms with van der Waals surface area (Å²) in [6, 6.07) is 5.97. The number of hydrogen-bond donors (Lipinski definition) is 2. The second-order valence-electron chi connectivity index (χ2n) is 4.55. The van der Waals surface area contributed by atoms with Crippen molar-refractivity contribution in [2.45, 2.75) is 26.7 Å². The van der Waals surface area contributed by atoms with E-state index in [0.29, 0.717) is 0 Å². The Kier molecular flexibility index (Phi) is 5.99. The molecule has 0 bridgehead atoms. The molecule has 0 radical (unpaired) electrons. The van der Waals surface area contributed by atoms with Crippen LogP contribution in [-0.4, -0.2) is 16.5 Å². The van der Waals surface area contributed by atoms with Crippen LogP contribution in [0.25, 0.3) is 0 Å². The topological polar surface area (TPSA) is 49.8 Å². The van der Waals surface area contributed by atoms with Gasteiger partial charge in [0.25, 0.3) is 0 Å². The monoisotopic (exact) mass is 412 g/mol. The van der Waals surface area contributed by atoms with E-state index in [0.717, 1.165) is 51.2 Å². The first-order chi connectivity index (χ1) is 10.2. The summed E-state index contributed by atoms with van der Waals surface area (Å²) >= 11 is 7.12. The molecule has 0 aliphatic carbocycles. The maximum absolute atomic E-state index is 4.39. The molecule has 2 rings (SSSR count). The predicted octanol–water partition coefficient (Wildman–Crippen LogP) is 5.13. The summed E-state index contributed by atoms with van der Waals surface area (Å²) in [5.74, 6) is 1.73. The van der Waals surface area contributed by atoms with Gasteiger partial charge >= 0.3 is 0 Å². The first-order valence-electron chi connectivity index (χ1n) is 6.96. The number of aromatic nitrogens is 2. The van der Waals surface area contributed by atoms with Gasteiger partial charge in [0.1, 0.15) is 18.0 Å². The van der Waals surface area contributed by atoms with Crippen molar-refractivity contribution in [3.05, 3.63) is 39.0 Å². The van der Waals surface area contributed by atoms with Crippen molar-refractivity contribution < 1.29 is 0 Å². The lowest BCUT2D eigenvalue weighted by molar-refractivity contribution is 0.949. The standard InChI is InChI=1S/C15H18Br2N4/c1-3-8-18-14-10(4-2)15(20-9-19-14)21-13-11(16)6-5-7-12(13)17/h5-7,9H,3-4,8H2,1-2H3,(H2,18,19,20,21). The molecular formula is C15H18Br2N4. The van der Waals surface area contributed by atoms with Crippen LogP contribution in [0.5, 0.6) is 0 Å². The number of nitrogens with zero attached hydrogens (tertiary/aromatic N) is 2. The summed E-state index contributed by atoms with van der Waals surface area (Å²) in [5, 5.41) is 6.75. The number of nitrogens with one attached hydrogen (secondary N) is 2. The zero-order chi connectivity index (χ0) is 15.2. The molecule has 0 fully saturated rings. The quantitative estimate of drug-likeness (QED) is 0.689. The molecule has 21 heavy (non-hydrogen) atoms. The van der Waals surface area contributed by atoms with Crippen molar-refractivity contribution in [2.24, 2.45) is 0 Å². The number of anilines is 3. The van der Waals surface area contributed by atoms with E-state index < -0.39 is 0 Å². The molecule has 1 heterocycles. The van der Waals surface area contributed by atoms with Gasteiger partial charge in [0, 0.05) is 21.1 Å². The summed E-state index contributed by atoms with van der Waals surface area (Å²) in [6.45, 7) is 5.15. The molecule has 0 saturated heterocycles. The van der Waals surface area contributed by atoms with Crippen LogP contribution in [0.1, 0.15) is 25.8 Å². The molecule has 0 unspecified atom stereocenters. The molecule has 0 saturated carbocycles. The molecule has 4 nitrogen and oxygen atoms in total. The van der Waals surface area contributed by atoms with Crippen LogP contribution in [0.4, 0.5) is 17.3 Å². The number of halogens is 2. The van der Waals surface area contributed by atoms with E-state index in [2.05, 4.69) is 66.3 Å². The maximum atomic E-state index is 4.39. The van der Waals surface area contributed by atoms with E-state index in [4.69, 9.17) is 0 Å². The number of rotatable bonds is 6. The largest absolute Gasteiger partial charge is 0.370 e. The molecule has 0 aliphatic rings. The van der Waals surface area contributed by atoms with E-state index in [9.17, 15) is 0 Å². The zero-order valence-corrected chi connectivity index (χ0v) is 15.3. The van der Waals surface area contributed by atoms with Gasteiger partial charge < -0.3 is 10.6 Å². The minimum Gasteiger partial charge on any atom is -0.370 e. The maximum Gasteiger partial charge on any atom is 0.139 e. The van der Waals surface area contributed by atoms with Crippen molar-refractivity contribution >= 4 is 49.2 Å². The Balaban J connectivity index is 2.35. The molecule has 0 aliphatic heterocycles. The van der Waals surface area contributed by atoms with Crippen molar-refractivity contribution in [3.63, 3.8) is 0 Å². The number of benzene rings is 1. The minimum atomic E-state index is 0.832. The SMILES string of the molecule is CCCNc1ncnc(Nc2c(Br)cccc2Br)c1CC. The summed E-state index contributed by atoms with van der Waals surface area (Å²) in [5.41, 5.74) is 2.06. The molecule has 2 N–H and O–H groups in total. The molecule has 112 valence electrons. The van der Waals surface area contributed by atoms with Crippen LogP contribution >= 0.6 is 31.9 Å². The van der Waals surface area contributed by atoms with Gasteiger partial charge in [-0.1, -0.05) is 19.9 Å². The van der Waals surface area contributed by atoms with Crippen LogP contribution in [0.3, 0.4) is 0 Å². The summed E-state index contributed by atoms with van der Waals surface area (Å²) in [6.07, 6.45) is 3.51. The second-order valence-corrected chi connectivity index (χ2v) is 6.26. The van der Waals surface area contributed by atoms with Gasteiger partial charge in [-0.25, -0.2) is 9.97 Å². The summed E-state index contributed by atoms with van der Waals surface area (Å²) in [7, 11) is 0. The third-order valence-electron chi connectivity index (χ3n) is 3.05. The molecular weight excluding hydrogens is 396 g/mol. The van der Waals surface area contributed by atoms with Gasteiger partial charge in [-0.2, -0.15) is 0 Å². The first-order valence-corrected chi connectivity index (χ1v) is 8.54. The lowest BCUT2D eigenvalue weighted by atomic mass is 10.2. The highest BCUT2D eigenvalue weighted by Gasteiger charge is 2.12. The van der Waals surface area contributed by atoms with Crippen molar-refractivity contribution in [3.8, 4) is 0 Å². The van der Waals surface area contributed by atoms with E-state index >= 15 is 0 Å². The second kappa shape index (κ2) is 7.75. The summed E-state index contributed by atoms with van der Waals surface area (Å²) < 4.78 is 1.97. The van der Waals surface area contributed by atoms with E-state index in [1.807, 2.05) is 18.2 Å². The lowest BCUT2D eigenvalue weighted by Crippen LogP contribution is -2.09. The zero-order valence-electron chi connectivity index (χ0n) is 12.1. The fourth-order valence-electron chi connectivity index (χ4n) is 1.99. The Morgan fingerprint density at radius 1 is 1.05 bits per heavy atom. The van der Waals surface area contributed by atoms with E-state index in [-0.39, 0.29) is 0 Å². The molecule has 0 spiro atoms. The molecule has 1 aromatic heterocycles. The van der Waals surface area contributed by atoms with Crippen molar-refractivity contribution in [1.82, 2.24) is 9.97 Å². The van der Waals surface area contributed by atoms with Gasteiger partial charge in [-0.15, -0.1) is 0 Å². The van der Waals surface area contributed by atoms with Gasteiger partial charge in [-0.05, 0) is 56.8 Å². The van der Waals surface area contributed by atoms with E-state index in [1.54, 1.807) is 6.33 Å². The van der Waals surface area contributed by atoms with Gasteiger partial charge in [0.15, 0.2) is 0 Å². The molecule has 0 atom stereocenters. The Labute approximate surface area is 142 Å². The highest BCUT2D eigenvalue weighted by molar-refractivity contribution is 9.11. The first kappa shape index (κ1) is 16.2. The molecule has 2 aromatic rings. The Morgan fingerprint density at radius 3 is 2.33 bits per heavy atom. The smallest absolute Gasteiger partial charge is 0.139 e. The number of hydrogen-bond acceptors (Lipinski definition) is 4. The molecule has 6 heteroatoms. The van der Waals surface area contributed by atoms with Crippen LogP contribution in [0.2, 0.25) is 0 Å². The van der Waals surface area contributed by atoms with E-state index in [1.165, 1.54) is 0 Å². The summed E-state index contributed by atoms with van der Waals surface area (Å²) in [4.78, 5) is 8.74. The highest BCUT2D eigenvalue weighted by atomic mass is 79.9. The predicted molar refractivity (Wildman–Crippen MR) is 95.3 cm³/mol. The van der Waals surface area contributed by atoms with Crippen molar-refractivity contribution in [1.29, 1.82) is 0 Å². The minimum absolute atomic E-state index is 0.832. The van der Waals surface area contributed by atoms with Crippen LogP contribution < -0.4 is 10.6 Å². The fourth-order valence-corrected chi connectivity index (χ4v) is 3.18. The Hall–Kier alpha value is -1.14. The van der Waals surface area contributed by atoms with Crippen LogP contribution in [0.15, 0.2) is 33.5 Å².